The highest BCUT2D eigenvalue weighted by molar-refractivity contribution is 7.80. The predicted octanol–water partition coefficient (Wildman–Crippen LogP) is 4.22. The number of ether oxygens (including phenoxy) is 2. The van der Waals surface area contributed by atoms with Crippen molar-refractivity contribution in [2.45, 2.75) is 53.0 Å². The molecule has 1 aromatic carbocycles. The fraction of sp³-hybridized carbons (Fsp3) is 0.696. The predicted molar refractivity (Wildman–Crippen MR) is 125 cm³/mol. The molecule has 1 saturated heterocycles. The molecule has 0 aliphatic carbocycles. The zero-order valence-electron chi connectivity index (χ0n) is 18.9. The number of hydrogen-bond acceptors (Lipinski definition) is 4. The number of methoxy groups -OCH3 is 2. The van der Waals surface area contributed by atoms with Crippen molar-refractivity contribution >= 4 is 17.3 Å². The molecule has 1 aromatic rings. The maximum Gasteiger partial charge on any atom is 0.169 e. The summed E-state index contributed by atoms with van der Waals surface area (Å²) < 4.78 is 10.9. The third-order valence-corrected chi connectivity index (χ3v) is 6.38. The van der Waals surface area contributed by atoms with E-state index in [1.807, 2.05) is 0 Å². The summed E-state index contributed by atoms with van der Waals surface area (Å²) in [6.45, 7) is 12.6. The van der Waals surface area contributed by atoms with Gasteiger partial charge in [-0.3, -0.25) is 4.90 Å². The molecular formula is C23H39N3O2S. The van der Waals surface area contributed by atoms with Gasteiger partial charge < -0.3 is 19.7 Å². The molecule has 0 aromatic heterocycles. The summed E-state index contributed by atoms with van der Waals surface area (Å²) in [6.07, 6.45) is 5.08. The molecule has 1 aliphatic heterocycles. The number of unbranched alkanes of at least 4 members (excludes halogenated alkanes) is 1. The van der Waals surface area contributed by atoms with Crippen molar-refractivity contribution < 1.29 is 9.47 Å². The van der Waals surface area contributed by atoms with Gasteiger partial charge in [-0.15, -0.1) is 0 Å². The van der Waals surface area contributed by atoms with Crippen LogP contribution in [0.5, 0.6) is 11.5 Å². The van der Waals surface area contributed by atoms with E-state index < -0.39 is 0 Å². The van der Waals surface area contributed by atoms with Gasteiger partial charge in [-0.25, -0.2) is 0 Å². The molecular weight excluding hydrogens is 382 g/mol. The van der Waals surface area contributed by atoms with Gasteiger partial charge in [-0.2, -0.15) is 0 Å². The zero-order chi connectivity index (χ0) is 21.2. The van der Waals surface area contributed by atoms with E-state index in [1.165, 1.54) is 36.8 Å². The van der Waals surface area contributed by atoms with Crippen LogP contribution in [0.1, 0.15) is 50.7 Å². The third-order valence-electron chi connectivity index (χ3n) is 5.98. The zero-order valence-corrected chi connectivity index (χ0v) is 19.7. The molecule has 0 radical (unpaired) electrons. The second-order valence-electron chi connectivity index (χ2n) is 8.00. The highest BCUT2D eigenvalue weighted by atomic mass is 32.1. The Labute approximate surface area is 182 Å². The van der Waals surface area contributed by atoms with Crippen molar-refractivity contribution in [1.82, 2.24) is 15.1 Å². The first kappa shape index (κ1) is 23.7. The number of rotatable bonds is 10. The molecule has 2 rings (SSSR count). The van der Waals surface area contributed by atoms with Gasteiger partial charge in [0.15, 0.2) is 16.6 Å². The lowest BCUT2D eigenvalue weighted by Gasteiger charge is -2.36. The molecule has 164 valence electrons. The lowest BCUT2D eigenvalue weighted by atomic mass is 9.99. The fourth-order valence-electron chi connectivity index (χ4n) is 3.83. The first-order chi connectivity index (χ1) is 14.0. The standard InChI is InChI=1S/C23H39N3O2S/c1-6-8-9-19(7-2)16-24-23(29)26-12-10-25(11-13-26)17-20-15-22(28-5)21(27-4)14-18(20)3/h14-15,19H,6-13,16-17H2,1-5H3,(H,24,29)/t19-/m0/s1. The maximum atomic E-state index is 5.67. The summed E-state index contributed by atoms with van der Waals surface area (Å²) in [7, 11) is 3.37. The minimum Gasteiger partial charge on any atom is -0.493 e. The highest BCUT2D eigenvalue weighted by Gasteiger charge is 2.20. The van der Waals surface area contributed by atoms with Crippen molar-refractivity contribution in [1.29, 1.82) is 0 Å². The topological polar surface area (TPSA) is 37.0 Å². The molecule has 29 heavy (non-hydrogen) atoms. The van der Waals surface area contributed by atoms with Crippen molar-refractivity contribution in [3.63, 3.8) is 0 Å². The summed E-state index contributed by atoms with van der Waals surface area (Å²) in [6, 6.07) is 4.17. The summed E-state index contributed by atoms with van der Waals surface area (Å²) in [5.41, 5.74) is 2.53. The average Bonchev–Trinajstić information content (AvgIpc) is 2.75. The SMILES string of the molecule is CCCC[C@H](CC)CNC(=S)N1CCN(Cc2cc(OC)c(OC)cc2C)CC1. The van der Waals surface area contributed by atoms with Crippen molar-refractivity contribution in [3.05, 3.63) is 23.3 Å². The Morgan fingerprint density at radius 2 is 1.76 bits per heavy atom. The van der Waals surface area contributed by atoms with Crippen LogP contribution in [0.15, 0.2) is 12.1 Å². The third kappa shape index (κ3) is 7.03. The number of nitrogens with zero attached hydrogens (tertiary/aromatic N) is 2. The highest BCUT2D eigenvalue weighted by Crippen LogP contribution is 2.31. The Balaban J connectivity index is 1.82. The van der Waals surface area contributed by atoms with Crippen LogP contribution >= 0.6 is 12.2 Å². The van der Waals surface area contributed by atoms with Gasteiger partial charge in [0.1, 0.15) is 0 Å². The van der Waals surface area contributed by atoms with Gasteiger partial charge >= 0.3 is 0 Å². The van der Waals surface area contributed by atoms with Gasteiger partial charge in [0.2, 0.25) is 0 Å². The number of aryl methyl sites for hydroxylation is 1. The molecule has 1 aliphatic rings. The maximum absolute atomic E-state index is 5.67. The molecule has 0 spiro atoms. The minimum absolute atomic E-state index is 0.724. The number of nitrogens with one attached hydrogen (secondary N) is 1. The van der Waals surface area contributed by atoms with Crippen LogP contribution in [0, 0.1) is 12.8 Å². The molecule has 1 N–H and O–H groups in total. The Bertz CT molecular complexity index is 645. The van der Waals surface area contributed by atoms with E-state index in [0.717, 1.165) is 61.8 Å². The number of thiocarbonyl (C=S) groups is 1. The van der Waals surface area contributed by atoms with Crippen LogP contribution in [0.3, 0.4) is 0 Å². The summed E-state index contributed by atoms with van der Waals surface area (Å²) >= 11 is 5.67. The number of hydrogen-bond donors (Lipinski definition) is 1. The van der Waals surface area contributed by atoms with Crippen LogP contribution < -0.4 is 14.8 Å². The Morgan fingerprint density at radius 1 is 1.10 bits per heavy atom. The van der Waals surface area contributed by atoms with Crippen molar-refractivity contribution in [2.75, 3.05) is 46.9 Å². The summed E-state index contributed by atoms with van der Waals surface area (Å²) in [5.74, 6) is 2.31. The Kier molecular flexibility index (Phi) is 10.0. The molecule has 1 heterocycles. The second kappa shape index (κ2) is 12.2. The first-order valence-corrected chi connectivity index (χ1v) is 11.4. The summed E-state index contributed by atoms with van der Waals surface area (Å²) in [5, 5.41) is 4.44. The van der Waals surface area contributed by atoms with E-state index in [-0.39, 0.29) is 0 Å². The van der Waals surface area contributed by atoms with Gasteiger partial charge in [-0.05, 0) is 54.7 Å². The largest absolute Gasteiger partial charge is 0.493 e. The molecule has 0 saturated carbocycles. The molecule has 0 unspecified atom stereocenters. The molecule has 1 atom stereocenters. The lowest BCUT2D eigenvalue weighted by molar-refractivity contribution is 0.173. The van der Waals surface area contributed by atoms with E-state index in [0.29, 0.717) is 0 Å². The average molecular weight is 422 g/mol. The normalized spacial score (nSPS) is 15.8. The monoisotopic (exact) mass is 421 g/mol. The smallest absolute Gasteiger partial charge is 0.169 e. The van der Waals surface area contributed by atoms with Crippen LogP contribution in [0.25, 0.3) is 0 Å². The quantitative estimate of drug-likeness (QED) is 0.570. The second-order valence-corrected chi connectivity index (χ2v) is 8.39. The number of piperazine rings is 1. The molecule has 0 bridgehead atoms. The lowest BCUT2D eigenvalue weighted by Crippen LogP contribution is -2.51. The molecule has 6 heteroatoms. The van der Waals surface area contributed by atoms with Gasteiger partial charge in [0.05, 0.1) is 14.2 Å². The van der Waals surface area contributed by atoms with Crippen LogP contribution in [0.4, 0.5) is 0 Å². The van der Waals surface area contributed by atoms with E-state index >= 15 is 0 Å². The van der Waals surface area contributed by atoms with Gasteiger partial charge in [0.25, 0.3) is 0 Å². The molecule has 1 fully saturated rings. The van der Waals surface area contributed by atoms with E-state index in [4.69, 9.17) is 21.7 Å². The Morgan fingerprint density at radius 3 is 2.34 bits per heavy atom. The van der Waals surface area contributed by atoms with E-state index in [9.17, 15) is 0 Å². The first-order valence-electron chi connectivity index (χ1n) is 11.0. The van der Waals surface area contributed by atoms with Crippen LogP contribution in [0.2, 0.25) is 0 Å². The molecule has 5 nitrogen and oxygen atoms in total. The van der Waals surface area contributed by atoms with E-state index in [1.54, 1.807) is 14.2 Å². The van der Waals surface area contributed by atoms with Gasteiger partial charge in [0, 0.05) is 39.3 Å². The summed E-state index contributed by atoms with van der Waals surface area (Å²) in [4.78, 5) is 4.81. The molecule has 0 amide bonds. The number of benzene rings is 1. The van der Waals surface area contributed by atoms with Gasteiger partial charge in [-0.1, -0.05) is 33.1 Å². The van der Waals surface area contributed by atoms with Crippen LogP contribution in [-0.2, 0) is 6.54 Å². The van der Waals surface area contributed by atoms with Crippen molar-refractivity contribution in [2.24, 2.45) is 5.92 Å². The Hall–Kier alpha value is -1.53. The van der Waals surface area contributed by atoms with Crippen LogP contribution in [-0.4, -0.2) is 61.9 Å². The van der Waals surface area contributed by atoms with Crippen molar-refractivity contribution in [3.8, 4) is 11.5 Å². The fourth-order valence-corrected chi connectivity index (χ4v) is 4.10. The van der Waals surface area contributed by atoms with E-state index in [2.05, 4.69) is 48.0 Å². The minimum atomic E-state index is 0.724.